The maximum atomic E-state index is 14.0. The minimum absolute atomic E-state index is 0.171. The van der Waals surface area contributed by atoms with E-state index in [9.17, 15) is 9.59 Å². The van der Waals surface area contributed by atoms with E-state index in [1.54, 1.807) is 54.3 Å². The molecular weight excluding hydrogens is 503 g/mol. The van der Waals surface area contributed by atoms with E-state index in [-0.39, 0.29) is 23.4 Å². The minimum Gasteiger partial charge on any atom is -0.463 e. The zero-order valence-corrected chi connectivity index (χ0v) is 21.0. The number of halogens is 2. The molecule has 5 rings (SSSR count). The van der Waals surface area contributed by atoms with Crippen molar-refractivity contribution >= 4 is 61.3 Å². The molecule has 5 nitrogen and oxygen atoms in total. The van der Waals surface area contributed by atoms with Gasteiger partial charge in [-0.1, -0.05) is 53.5 Å². The lowest BCUT2D eigenvalue weighted by molar-refractivity contribution is -0.138. The quantitative estimate of drug-likeness (QED) is 0.306. The number of benzene rings is 3. The third-order valence-corrected chi connectivity index (χ3v) is 7.52. The average molecular weight is 523 g/mol. The van der Waals surface area contributed by atoms with Crippen molar-refractivity contribution in [3.05, 3.63) is 116 Å². The largest absolute Gasteiger partial charge is 0.463 e. The first-order valence-corrected chi connectivity index (χ1v) is 12.5. The first kappa shape index (κ1) is 23.4. The molecular formula is C27H20Cl2N2O3S. The molecule has 35 heavy (non-hydrogen) atoms. The van der Waals surface area contributed by atoms with Crippen molar-refractivity contribution in [1.29, 1.82) is 0 Å². The second-order valence-corrected chi connectivity index (χ2v) is 9.87. The highest BCUT2D eigenvalue weighted by atomic mass is 35.5. The first-order valence-electron chi connectivity index (χ1n) is 10.9. The molecule has 1 atom stereocenters. The van der Waals surface area contributed by atoms with Crippen molar-refractivity contribution in [2.75, 3.05) is 11.5 Å². The van der Waals surface area contributed by atoms with Crippen LogP contribution in [-0.4, -0.2) is 12.6 Å². The van der Waals surface area contributed by atoms with Gasteiger partial charge in [-0.2, -0.15) is 0 Å². The van der Waals surface area contributed by atoms with Crippen molar-refractivity contribution in [2.24, 2.45) is 5.73 Å². The molecule has 0 spiro atoms. The van der Waals surface area contributed by atoms with Crippen LogP contribution in [0.1, 0.15) is 24.0 Å². The van der Waals surface area contributed by atoms with E-state index in [1.165, 1.54) is 11.3 Å². The van der Waals surface area contributed by atoms with Crippen molar-refractivity contribution in [3.63, 3.8) is 0 Å². The minimum atomic E-state index is -0.731. The summed E-state index contributed by atoms with van der Waals surface area (Å²) >= 11 is 13.8. The molecule has 2 heterocycles. The fourth-order valence-electron chi connectivity index (χ4n) is 4.37. The Morgan fingerprint density at radius 3 is 2.40 bits per heavy atom. The Kier molecular flexibility index (Phi) is 6.28. The van der Waals surface area contributed by atoms with Gasteiger partial charge in [0.05, 0.1) is 18.1 Å². The number of esters is 1. The SMILES string of the molecule is CCOC(=O)C1=C(N)N(c2ccccc2)c2sc3cc(Cl)ccc3c(=O)c2C1c1ccc(Cl)cc1. The molecule has 2 N–H and O–H groups in total. The molecule has 1 unspecified atom stereocenters. The van der Waals surface area contributed by atoms with Gasteiger partial charge in [-0.05, 0) is 55.0 Å². The molecule has 4 aromatic rings. The first-order chi connectivity index (χ1) is 16.9. The van der Waals surface area contributed by atoms with Gasteiger partial charge < -0.3 is 10.5 Å². The summed E-state index contributed by atoms with van der Waals surface area (Å²) in [6, 6.07) is 21.6. The van der Waals surface area contributed by atoms with Crippen LogP contribution in [0.5, 0.6) is 0 Å². The van der Waals surface area contributed by atoms with Crippen LogP contribution in [0.2, 0.25) is 10.0 Å². The Bertz CT molecular complexity index is 1530. The molecule has 3 aromatic carbocycles. The summed E-state index contributed by atoms with van der Waals surface area (Å²) < 4.78 is 6.15. The molecule has 8 heteroatoms. The van der Waals surface area contributed by atoms with Gasteiger partial charge in [-0.15, -0.1) is 11.3 Å². The van der Waals surface area contributed by atoms with E-state index in [0.717, 1.165) is 10.4 Å². The Morgan fingerprint density at radius 1 is 1.03 bits per heavy atom. The number of carbonyl (C=O) groups excluding carboxylic acids is 1. The lowest BCUT2D eigenvalue weighted by Crippen LogP contribution is -2.37. The number of nitrogens with zero attached hydrogens (tertiary/aromatic N) is 1. The highest BCUT2D eigenvalue weighted by Gasteiger charge is 2.40. The van der Waals surface area contributed by atoms with Gasteiger partial charge in [0, 0.05) is 31.4 Å². The van der Waals surface area contributed by atoms with E-state index in [0.29, 0.717) is 31.6 Å². The Labute approximate surface area is 216 Å². The van der Waals surface area contributed by atoms with Gasteiger partial charge in [0.2, 0.25) is 0 Å². The lowest BCUT2D eigenvalue weighted by atomic mass is 9.82. The highest BCUT2D eigenvalue weighted by Crippen LogP contribution is 2.48. The van der Waals surface area contributed by atoms with Crippen LogP contribution in [0.25, 0.3) is 10.1 Å². The maximum absolute atomic E-state index is 14.0. The molecule has 0 saturated carbocycles. The van der Waals surface area contributed by atoms with E-state index in [2.05, 4.69) is 0 Å². The van der Waals surface area contributed by atoms with E-state index in [4.69, 9.17) is 33.7 Å². The predicted molar refractivity (Wildman–Crippen MR) is 143 cm³/mol. The third kappa shape index (κ3) is 4.08. The van der Waals surface area contributed by atoms with Gasteiger partial charge in [0.15, 0.2) is 5.43 Å². The van der Waals surface area contributed by atoms with Gasteiger partial charge in [-0.25, -0.2) is 4.79 Å². The molecule has 1 aliphatic rings. The number of hydrogen-bond donors (Lipinski definition) is 1. The Morgan fingerprint density at radius 2 is 1.71 bits per heavy atom. The van der Waals surface area contributed by atoms with Crippen LogP contribution in [0.4, 0.5) is 10.7 Å². The second-order valence-electron chi connectivity index (χ2n) is 7.97. The lowest BCUT2D eigenvalue weighted by Gasteiger charge is -2.36. The van der Waals surface area contributed by atoms with Crippen molar-refractivity contribution in [2.45, 2.75) is 12.8 Å². The highest BCUT2D eigenvalue weighted by molar-refractivity contribution is 7.22. The number of anilines is 2. The summed E-state index contributed by atoms with van der Waals surface area (Å²) in [5.74, 6) is -1.10. The summed E-state index contributed by atoms with van der Waals surface area (Å²) in [5, 5.41) is 2.22. The van der Waals surface area contributed by atoms with E-state index >= 15 is 0 Å². The van der Waals surface area contributed by atoms with Gasteiger partial charge >= 0.3 is 5.97 Å². The fourth-order valence-corrected chi connectivity index (χ4v) is 6.01. The Hall–Kier alpha value is -3.32. The average Bonchev–Trinajstić information content (AvgIpc) is 2.84. The smallest absolute Gasteiger partial charge is 0.338 e. The normalized spacial score (nSPS) is 15.3. The molecule has 0 fully saturated rings. The van der Waals surface area contributed by atoms with Crippen LogP contribution in [0, 0.1) is 0 Å². The summed E-state index contributed by atoms with van der Waals surface area (Å²) in [4.78, 5) is 29.1. The number of carbonyl (C=O) groups is 1. The number of nitrogens with two attached hydrogens (primary N) is 1. The molecule has 0 radical (unpaired) electrons. The molecule has 0 bridgehead atoms. The molecule has 1 aliphatic heterocycles. The zero-order valence-electron chi connectivity index (χ0n) is 18.6. The van der Waals surface area contributed by atoms with Crippen molar-refractivity contribution < 1.29 is 9.53 Å². The van der Waals surface area contributed by atoms with Crippen LogP contribution in [0.3, 0.4) is 0 Å². The predicted octanol–water partition coefficient (Wildman–Crippen LogP) is 6.59. The monoisotopic (exact) mass is 522 g/mol. The van der Waals surface area contributed by atoms with E-state index in [1.807, 2.05) is 30.3 Å². The fraction of sp³-hybridized carbons (Fsp3) is 0.111. The van der Waals surface area contributed by atoms with E-state index < -0.39 is 11.9 Å². The number of rotatable bonds is 4. The number of para-hydroxylation sites is 1. The standard InChI is InChI=1S/C27H20Cl2N2O3S/c1-2-34-27(33)23-21(15-8-10-16(28)11-9-15)22-24(32)19-13-12-17(29)14-20(19)35-26(22)31(25(23)30)18-6-4-3-5-7-18/h3-14,21H,2,30H2,1H3. The van der Waals surface area contributed by atoms with Gasteiger partial charge in [0.1, 0.15) is 10.8 Å². The summed E-state index contributed by atoms with van der Waals surface area (Å²) in [7, 11) is 0. The van der Waals surface area contributed by atoms with Crippen LogP contribution < -0.4 is 16.1 Å². The summed E-state index contributed by atoms with van der Waals surface area (Å²) in [6.45, 7) is 1.90. The second kappa shape index (κ2) is 9.38. The number of fused-ring (bicyclic) bond motifs is 2. The van der Waals surface area contributed by atoms with Crippen molar-refractivity contribution in [3.8, 4) is 0 Å². The number of ether oxygens (including phenoxy) is 1. The summed E-state index contributed by atoms with van der Waals surface area (Å²) in [5.41, 5.74) is 8.65. The van der Waals surface area contributed by atoms with Crippen LogP contribution in [0.15, 0.2) is 89.0 Å². The summed E-state index contributed by atoms with van der Waals surface area (Å²) in [6.07, 6.45) is 0. The molecule has 0 aliphatic carbocycles. The zero-order chi connectivity index (χ0) is 24.7. The van der Waals surface area contributed by atoms with Crippen LogP contribution in [-0.2, 0) is 9.53 Å². The van der Waals surface area contributed by atoms with Gasteiger partial charge in [-0.3, -0.25) is 9.69 Å². The van der Waals surface area contributed by atoms with Crippen molar-refractivity contribution in [1.82, 2.24) is 0 Å². The molecule has 0 amide bonds. The molecule has 1 aromatic heterocycles. The maximum Gasteiger partial charge on any atom is 0.338 e. The van der Waals surface area contributed by atoms with Gasteiger partial charge in [0.25, 0.3) is 0 Å². The Balaban J connectivity index is 1.91. The van der Waals surface area contributed by atoms with Crippen LogP contribution >= 0.6 is 34.5 Å². The third-order valence-electron chi connectivity index (χ3n) is 5.88. The molecule has 176 valence electrons. The number of hydrogen-bond acceptors (Lipinski definition) is 6. The topological polar surface area (TPSA) is 72.6 Å². The molecule has 0 saturated heterocycles.